The van der Waals surface area contributed by atoms with Crippen molar-refractivity contribution in [1.29, 1.82) is 0 Å². The summed E-state index contributed by atoms with van der Waals surface area (Å²) >= 11 is 1.30. The third-order valence-electron chi connectivity index (χ3n) is 6.30. The van der Waals surface area contributed by atoms with Crippen LogP contribution < -0.4 is 19.6 Å². The monoisotopic (exact) mass is 536 g/mol. The molecule has 0 saturated heterocycles. The first-order valence-electron chi connectivity index (χ1n) is 12.7. The molecule has 39 heavy (non-hydrogen) atoms. The topological polar surface area (TPSA) is 69.9 Å². The van der Waals surface area contributed by atoms with Gasteiger partial charge in [0.1, 0.15) is 12.4 Å². The number of hydrogen-bond acceptors (Lipinski definition) is 6. The Kier molecular flexibility index (Phi) is 7.99. The third kappa shape index (κ3) is 5.84. The zero-order chi connectivity index (χ0) is 27.2. The smallest absolute Gasteiger partial charge is 0.338 e. The molecule has 0 spiro atoms. The lowest BCUT2D eigenvalue weighted by atomic mass is 9.96. The van der Waals surface area contributed by atoms with E-state index in [-0.39, 0.29) is 12.2 Å². The van der Waals surface area contributed by atoms with E-state index in [1.54, 1.807) is 17.6 Å². The van der Waals surface area contributed by atoms with Crippen LogP contribution in [0.25, 0.3) is 12.2 Å². The van der Waals surface area contributed by atoms with Crippen molar-refractivity contribution in [3.63, 3.8) is 0 Å². The van der Waals surface area contributed by atoms with E-state index >= 15 is 0 Å². The van der Waals surface area contributed by atoms with Crippen molar-refractivity contribution in [2.24, 2.45) is 4.99 Å². The van der Waals surface area contributed by atoms with Crippen LogP contribution in [0.15, 0.2) is 112 Å². The van der Waals surface area contributed by atoms with Crippen LogP contribution in [0.1, 0.15) is 36.6 Å². The summed E-state index contributed by atoms with van der Waals surface area (Å²) < 4.78 is 13.4. The number of aromatic nitrogens is 1. The quantitative estimate of drug-likeness (QED) is 0.296. The number of rotatable bonds is 8. The Balaban J connectivity index is 1.55. The molecule has 5 rings (SSSR count). The largest absolute Gasteiger partial charge is 0.494 e. The fourth-order valence-electron chi connectivity index (χ4n) is 4.44. The average molecular weight is 537 g/mol. The zero-order valence-electron chi connectivity index (χ0n) is 21.7. The van der Waals surface area contributed by atoms with E-state index in [9.17, 15) is 9.59 Å². The second-order valence-corrected chi connectivity index (χ2v) is 9.95. The summed E-state index contributed by atoms with van der Waals surface area (Å²) in [6.45, 7) is 4.38. The van der Waals surface area contributed by atoms with E-state index < -0.39 is 12.0 Å². The molecule has 1 aliphatic rings. The van der Waals surface area contributed by atoms with Gasteiger partial charge in [0, 0.05) is 0 Å². The minimum absolute atomic E-state index is 0.126. The number of allylic oxidation sites excluding steroid dienone is 2. The van der Waals surface area contributed by atoms with Crippen molar-refractivity contribution in [2.75, 3.05) is 6.61 Å². The van der Waals surface area contributed by atoms with Gasteiger partial charge in [0.2, 0.25) is 0 Å². The maximum atomic E-state index is 13.7. The molecule has 0 N–H and O–H groups in total. The highest BCUT2D eigenvalue weighted by molar-refractivity contribution is 7.07. The summed E-state index contributed by atoms with van der Waals surface area (Å²) in [4.78, 5) is 32.4. The second-order valence-electron chi connectivity index (χ2n) is 8.94. The van der Waals surface area contributed by atoms with Gasteiger partial charge in [0.15, 0.2) is 4.80 Å². The van der Waals surface area contributed by atoms with Crippen molar-refractivity contribution >= 4 is 29.5 Å². The predicted molar refractivity (Wildman–Crippen MR) is 154 cm³/mol. The van der Waals surface area contributed by atoms with Gasteiger partial charge in [0.25, 0.3) is 5.56 Å². The van der Waals surface area contributed by atoms with Crippen LogP contribution >= 0.6 is 11.3 Å². The van der Waals surface area contributed by atoms with E-state index in [1.807, 2.05) is 104 Å². The lowest BCUT2D eigenvalue weighted by Crippen LogP contribution is -2.39. The first kappa shape index (κ1) is 26.1. The molecule has 1 atom stereocenters. The molecule has 0 radical (unpaired) electrons. The lowest BCUT2D eigenvalue weighted by molar-refractivity contribution is -0.140. The van der Waals surface area contributed by atoms with Crippen molar-refractivity contribution in [1.82, 2.24) is 4.57 Å². The number of benzene rings is 3. The molecule has 0 fully saturated rings. The van der Waals surface area contributed by atoms with E-state index in [0.717, 1.165) is 16.7 Å². The van der Waals surface area contributed by atoms with Crippen LogP contribution in [0.2, 0.25) is 0 Å². The molecule has 0 saturated carbocycles. The number of thiazole rings is 1. The maximum absolute atomic E-state index is 13.7. The summed E-state index contributed by atoms with van der Waals surface area (Å²) in [7, 11) is 0. The number of ether oxygens (including phenoxy) is 2. The fraction of sp³-hybridized carbons (Fsp3) is 0.156. The molecule has 2 heterocycles. The molecular weight excluding hydrogens is 508 g/mol. The summed E-state index contributed by atoms with van der Waals surface area (Å²) in [6, 6.07) is 26.2. The van der Waals surface area contributed by atoms with E-state index in [0.29, 0.717) is 33.0 Å². The molecule has 0 bridgehead atoms. The number of fused-ring (bicyclic) bond motifs is 1. The molecule has 6 nitrogen and oxygen atoms in total. The number of carbonyl (C=O) groups excluding carboxylic acids is 1. The first-order valence-corrected chi connectivity index (χ1v) is 13.5. The van der Waals surface area contributed by atoms with Crippen LogP contribution in [0.5, 0.6) is 5.75 Å². The molecule has 7 heteroatoms. The average Bonchev–Trinajstić information content (AvgIpc) is 3.27. The van der Waals surface area contributed by atoms with Crippen LogP contribution in [-0.4, -0.2) is 17.1 Å². The van der Waals surface area contributed by atoms with Crippen LogP contribution in [0.4, 0.5) is 0 Å². The van der Waals surface area contributed by atoms with Crippen LogP contribution in [0.3, 0.4) is 0 Å². The lowest BCUT2D eigenvalue weighted by Gasteiger charge is -2.25. The zero-order valence-corrected chi connectivity index (χ0v) is 22.6. The van der Waals surface area contributed by atoms with Gasteiger partial charge >= 0.3 is 5.97 Å². The number of carbonyl (C=O) groups is 1. The molecule has 0 amide bonds. The third-order valence-corrected chi connectivity index (χ3v) is 7.30. The predicted octanol–water partition coefficient (Wildman–Crippen LogP) is 5.04. The van der Waals surface area contributed by atoms with E-state index in [4.69, 9.17) is 9.47 Å². The van der Waals surface area contributed by atoms with E-state index in [1.165, 1.54) is 11.3 Å². The first-order chi connectivity index (χ1) is 19.0. The molecule has 196 valence electrons. The van der Waals surface area contributed by atoms with Gasteiger partial charge in [-0.2, -0.15) is 0 Å². The summed E-state index contributed by atoms with van der Waals surface area (Å²) in [5, 5.41) is 0. The summed E-state index contributed by atoms with van der Waals surface area (Å²) in [5.74, 6) is 0.214. The van der Waals surface area contributed by atoms with Crippen molar-refractivity contribution in [2.45, 2.75) is 26.5 Å². The Hall–Kier alpha value is -4.49. The van der Waals surface area contributed by atoms with Crippen molar-refractivity contribution in [3.05, 3.63) is 139 Å². The molecule has 4 aromatic rings. The second kappa shape index (κ2) is 11.9. The van der Waals surface area contributed by atoms with Crippen molar-refractivity contribution < 1.29 is 14.3 Å². The Morgan fingerprint density at radius 2 is 1.69 bits per heavy atom. The Labute approximate surface area is 230 Å². The van der Waals surface area contributed by atoms with Crippen LogP contribution in [0, 0.1) is 0 Å². The van der Waals surface area contributed by atoms with Gasteiger partial charge in [0.05, 0.1) is 28.5 Å². The van der Waals surface area contributed by atoms with Gasteiger partial charge in [-0.1, -0.05) is 96.3 Å². The highest BCUT2D eigenvalue weighted by Gasteiger charge is 2.33. The van der Waals surface area contributed by atoms with E-state index in [2.05, 4.69) is 4.99 Å². The Morgan fingerprint density at radius 1 is 1.00 bits per heavy atom. The maximum Gasteiger partial charge on any atom is 0.338 e. The minimum atomic E-state index is -0.680. The Morgan fingerprint density at radius 3 is 2.38 bits per heavy atom. The highest BCUT2D eigenvalue weighted by Crippen LogP contribution is 2.32. The molecule has 3 aromatic carbocycles. The highest BCUT2D eigenvalue weighted by atomic mass is 32.1. The standard InChI is InChI=1S/C32H28N2O4S/c1-3-37-26-19-17-25(18-20-26)29-28(31(36)38-21-24-13-8-5-9-14-24)22(2)33-32-34(29)30(35)27(39-32)16-10-15-23-11-6-4-7-12-23/h4-20,29H,3,21H2,1-2H3. The summed E-state index contributed by atoms with van der Waals surface area (Å²) in [5.41, 5.74) is 3.34. The van der Waals surface area contributed by atoms with Crippen LogP contribution in [-0.2, 0) is 16.1 Å². The van der Waals surface area contributed by atoms with Gasteiger partial charge in [-0.15, -0.1) is 0 Å². The molecule has 1 unspecified atom stereocenters. The number of hydrogen-bond donors (Lipinski definition) is 0. The van der Waals surface area contributed by atoms with Crippen molar-refractivity contribution in [3.8, 4) is 5.75 Å². The number of nitrogens with zero attached hydrogens (tertiary/aromatic N) is 2. The molecular formula is C32H28N2O4S. The van der Waals surface area contributed by atoms with Gasteiger partial charge in [-0.05, 0) is 48.7 Å². The normalized spacial score (nSPS) is 15.2. The molecule has 0 aliphatic carbocycles. The SMILES string of the molecule is CCOc1ccc(C2C(C(=O)OCc3ccccc3)=C(C)N=c3sc(=CC=Cc4ccccc4)c(=O)n32)cc1. The number of esters is 1. The molecule has 1 aromatic heterocycles. The fourth-order valence-corrected chi connectivity index (χ4v) is 5.44. The molecule has 1 aliphatic heterocycles. The van der Waals surface area contributed by atoms with Gasteiger partial charge in [-0.25, -0.2) is 9.79 Å². The van der Waals surface area contributed by atoms with Gasteiger partial charge < -0.3 is 9.47 Å². The Bertz CT molecular complexity index is 1700. The summed E-state index contributed by atoms with van der Waals surface area (Å²) in [6.07, 6.45) is 5.59. The minimum Gasteiger partial charge on any atom is -0.494 e. The van der Waals surface area contributed by atoms with Gasteiger partial charge in [-0.3, -0.25) is 9.36 Å².